The van der Waals surface area contributed by atoms with Crippen LogP contribution in [0.25, 0.3) is 0 Å². The number of hydrogen-bond donors (Lipinski definition) is 0. The molecule has 0 aromatic rings. The Bertz CT molecular complexity index is 438. The third-order valence-electron chi connectivity index (χ3n) is 5.44. The van der Waals surface area contributed by atoms with E-state index in [0.717, 1.165) is 19.3 Å². The first-order valence-electron chi connectivity index (χ1n) is 7.93. The average molecular weight is 312 g/mol. The predicted octanol–water partition coefficient (Wildman–Crippen LogP) is 3.31. The summed E-state index contributed by atoms with van der Waals surface area (Å²) in [7, 11) is -1.90. The Morgan fingerprint density at radius 2 is 1.90 bits per heavy atom. The molecule has 0 amide bonds. The van der Waals surface area contributed by atoms with Crippen LogP contribution in [-0.4, -0.2) is 32.3 Å². The summed E-state index contributed by atoms with van der Waals surface area (Å²) in [6.07, 6.45) is 2.54. The summed E-state index contributed by atoms with van der Waals surface area (Å²) in [5, 5.41) is 0.128. The molecule has 2 rings (SSSR count). The average Bonchev–Trinajstić information content (AvgIpc) is 2.64. The van der Waals surface area contributed by atoms with E-state index < -0.39 is 14.2 Å². The molecule has 1 saturated heterocycles. The van der Waals surface area contributed by atoms with Gasteiger partial charge in [-0.25, -0.2) is 0 Å². The molecule has 0 bridgehead atoms. The van der Waals surface area contributed by atoms with E-state index in [9.17, 15) is 9.59 Å². The van der Waals surface area contributed by atoms with E-state index in [1.807, 2.05) is 0 Å². The summed E-state index contributed by atoms with van der Waals surface area (Å²) in [5.41, 5.74) is 0. The third-order valence-corrected chi connectivity index (χ3v) is 9.94. The predicted molar refractivity (Wildman–Crippen MR) is 83.5 cm³/mol. The molecular formula is C16H28O4Si. The number of carbonyl (C=O) groups is 2. The van der Waals surface area contributed by atoms with Crippen molar-refractivity contribution in [3.05, 3.63) is 0 Å². The fourth-order valence-corrected chi connectivity index (χ4v) is 4.57. The van der Waals surface area contributed by atoms with E-state index in [2.05, 4.69) is 33.9 Å². The molecule has 4 atom stereocenters. The van der Waals surface area contributed by atoms with Gasteiger partial charge in [0.2, 0.25) is 0 Å². The molecule has 21 heavy (non-hydrogen) atoms. The van der Waals surface area contributed by atoms with E-state index in [1.54, 1.807) is 0 Å². The SMILES string of the molecule is CC(=O)[C@H]1C(=O)O[C@H]2[C@@H]1CCC[C@H]2O[Si](C)(C)C(C)(C)C. The summed E-state index contributed by atoms with van der Waals surface area (Å²) in [6.45, 7) is 12.5. The number of carbonyl (C=O) groups excluding carboxylic acids is 2. The Morgan fingerprint density at radius 1 is 1.29 bits per heavy atom. The van der Waals surface area contributed by atoms with Gasteiger partial charge in [-0.3, -0.25) is 9.59 Å². The minimum Gasteiger partial charge on any atom is -0.459 e. The fraction of sp³-hybridized carbons (Fsp3) is 0.875. The second-order valence-corrected chi connectivity index (χ2v) is 12.8. The van der Waals surface area contributed by atoms with Crippen molar-refractivity contribution in [3.8, 4) is 0 Å². The van der Waals surface area contributed by atoms with Gasteiger partial charge in [0.1, 0.15) is 17.8 Å². The molecule has 120 valence electrons. The highest BCUT2D eigenvalue weighted by Crippen LogP contribution is 2.44. The molecule has 1 heterocycles. The second kappa shape index (κ2) is 5.50. The topological polar surface area (TPSA) is 52.6 Å². The van der Waals surface area contributed by atoms with Crippen LogP contribution in [-0.2, 0) is 18.8 Å². The lowest BCUT2D eigenvalue weighted by molar-refractivity contribution is -0.149. The summed E-state index contributed by atoms with van der Waals surface area (Å²) in [5.74, 6) is -0.969. The quantitative estimate of drug-likeness (QED) is 0.456. The highest BCUT2D eigenvalue weighted by atomic mass is 28.4. The van der Waals surface area contributed by atoms with Crippen molar-refractivity contribution in [2.45, 2.75) is 77.3 Å². The monoisotopic (exact) mass is 312 g/mol. The lowest BCUT2D eigenvalue weighted by Gasteiger charge is -2.43. The van der Waals surface area contributed by atoms with E-state index in [4.69, 9.17) is 9.16 Å². The molecule has 2 fully saturated rings. The van der Waals surface area contributed by atoms with Crippen molar-refractivity contribution < 1.29 is 18.8 Å². The number of ether oxygens (including phenoxy) is 1. The van der Waals surface area contributed by atoms with Gasteiger partial charge in [-0.05, 0) is 37.9 Å². The molecular weight excluding hydrogens is 284 g/mol. The summed E-state index contributed by atoms with van der Waals surface area (Å²) < 4.78 is 12.0. The lowest BCUT2D eigenvalue weighted by atomic mass is 9.77. The van der Waals surface area contributed by atoms with Crippen LogP contribution >= 0.6 is 0 Å². The zero-order valence-corrected chi connectivity index (χ0v) is 15.1. The van der Waals surface area contributed by atoms with Crippen LogP contribution in [0.3, 0.4) is 0 Å². The van der Waals surface area contributed by atoms with E-state index in [0.29, 0.717) is 0 Å². The van der Waals surface area contributed by atoms with Gasteiger partial charge >= 0.3 is 5.97 Å². The van der Waals surface area contributed by atoms with Crippen LogP contribution in [0.5, 0.6) is 0 Å². The highest BCUT2D eigenvalue weighted by Gasteiger charge is 2.53. The zero-order valence-electron chi connectivity index (χ0n) is 14.1. The molecule has 0 spiro atoms. The van der Waals surface area contributed by atoms with Gasteiger partial charge in [-0.1, -0.05) is 27.2 Å². The lowest BCUT2D eigenvalue weighted by Crippen LogP contribution is -2.49. The van der Waals surface area contributed by atoms with Gasteiger partial charge in [0.15, 0.2) is 8.32 Å². The Labute approximate surface area is 128 Å². The fourth-order valence-electron chi connectivity index (χ4n) is 3.21. The van der Waals surface area contributed by atoms with Crippen molar-refractivity contribution in [2.24, 2.45) is 11.8 Å². The van der Waals surface area contributed by atoms with Crippen molar-refractivity contribution in [3.63, 3.8) is 0 Å². The van der Waals surface area contributed by atoms with Crippen molar-refractivity contribution in [2.75, 3.05) is 0 Å². The van der Waals surface area contributed by atoms with E-state index in [1.165, 1.54) is 6.92 Å². The summed E-state index contributed by atoms with van der Waals surface area (Å²) in [6, 6.07) is 0. The number of Topliss-reactive ketones (excluding diaryl/α,β-unsaturated/α-hetero) is 1. The maximum absolute atomic E-state index is 12.0. The van der Waals surface area contributed by atoms with E-state index >= 15 is 0 Å². The molecule has 0 radical (unpaired) electrons. The second-order valence-electron chi connectivity index (χ2n) is 8.00. The Hall–Kier alpha value is -0.683. The maximum Gasteiger partial charge on any atom is 0.317 e. The largest absolute Gasteiger partial charge is 0.459 e. The van der Waals surface area contributed by atoms with Crippen LogP contribution in [0.15, 0.2) is 0 Å². The molecule has 0 unspecified atom stereocenters. The minimum atomic E-state index is -1.90. The number of ketones is 1. The summed E-state index contributed by atoms with van der Waals surface area (Å²) >= 11 is 0. The van der Waals surface area contributed by atoms with E-state index in [-0.39, 0.29) is 34.9 Å². The van der Waals surface area contributed by atoms with Gasteiger partial charge in [0.25, 0.3) is 0 Å². The molecule has 4 nitrogen and oxygen atoms in total. The van der Waals surface area contributed by atoms with Crippen LogP contribution < -0.4 is 0 Å². The van der Waals surface area contributed by atoms with Crippen molar-refractivity contribution in [1.29, 1.82) is 0 Å². The van der Waals surface area contributed by atoms with Crippen LogP contribution in [0.4, 0.5) is 0 Å². The third kappa shape index (κ3) is 3.09. The Morgan fingerprint density at radius 3 is 2.43 bits per heavy atom. The van der Waals surface area contributed by atoms with Crippen molar-refractivity contribution >= 4 is 20.1 Å². The van der Waals surface area contributed by atoms with Crippen LogP contribution in [0, 0.1) is 11.8 Å². The highest BCUT2D eigenvalue weighted by molar-refractivity contribution is 6.74. The smallest absolute Gasteiger partial charge is 0.317 e. The zero-order chi connectivity index (χ0) is 16.0. The molecule has 1 aliphatic heterocycles. The van der Waals surface area contributed by atoms with Crippen LogP contribution in [0.2, 0.25) is 18.1 Å². The Balaban J connectivity index is 2.17. The molecule has 0 N–H and O–H groups in total. The minimum absolute atomic E-state index is 0.0125. The van der Waals surface area contributed by atoms with Gasteiger partial charge in [-0.15, -0.1) is 0 Å². The van der Waals surface area contributed by atoms with Gasteiger partial charge in [-0.2, -0.15) is 0 Å². The first kappa shape index (κ1) is 16.7. The molecule has 0 aromatic carbocycles. The van der Waals surface area contributed by atoms with Gasteiger partial charge < -0.3 is 9.16 Å². The van der Waals surface area contributed by atoms with Crippen LogP contribution in [0.1, 0.15) is 47.0 Å². The number of esters is 1. The Kier molecular flexibility index (Phi) is 4.37. The van der Waals surface area contributed by atoms with Crippen molar-refractivity contribution in [1.82, 2.24) is 0 Å². The molecule has 5 heteroatoms. The normalized spacial score (nSPS) is 33.5. The first-order chi connectivity index (χ1) is 9.54. The van der Waals surface area contributed by atoms with Gasteiger partial charge in [0.05, 0.1) is 6.10 Å². The molecule has 1 saturated carbocycles. The first-order valence-corrected chi connectivity index (χ1v) is 10.8. The van der Waals surface area contributed by atoms with Gasteiger partial charge in [0, 0.05) is 5.92 Å². The molecule has 0 aromatic heterocycles. The number of fused-ring (bicyclic) bond motifs is 1. The number of hydrogen-bond acceptors (Lipinski definition) is 4. The number of rotatable bonds is 3. The maximum atomic E-state index is 12.0. The summed E-state index contributed by atoms with van der Waals surface area (Å²) in [4.78, 5) is 23.7. The molecule has 2 aliphatic rings. The molecule has 1 aliphatic carbocycles. The standard InChI is InChI=1S/C16H28O4Si/c1-10(17)13-11-8-7-9-12(14(11)19-15(13)18)20-21(5,6)16(2,3)4/h11-14H,7-9H2,1-6H3/t11-,12-,13-,14+/m1/s1.